The van der Waals surface area contributed by atoms with Crippen molar-refractivity contribution in [3.8, 4) is 0 Å². The van der Waals surface area contributed by atoms with E-state index in [-0.39, 0.29) is 0 Å². The second-order valence-corrected chi connectivity index (χ2v) is 7.12. The molecule has 3 heteroatoms. The van der Waals surface area contributed by atoms with Crippen molar-refractivity contribution in [2.24, 2.45) is 5.92 Å². The van der Waals surface area contributed by atoms with Gasteiger partial charge in [0.05, 0.1) is 0 Å². The number of nitrogens with zero attached hydrogens (tertiary/aromatic N) is 1. The van der Waals surface area contributed by atoms with E-state index in [2.05, 4.69) is 28.5 Å². The lowest BCUT2D eigenvalue weighted by Crippen LogP contribution is -2.49. The average Bonchev–Trinajstić information content (AvgIpc) is 2.96. The number of carbonyl (C=O) groups is 1. The van der Waals surface area contributed by atoms with Gasteiger partial charge in [-0.3, -0.25) is 9.69 Å². The molecule has 5 rings (SSSR count). The van der Waals surface area contributed by atoms with Crippen LogP contribution in [-0.2, 0) is 0 Å². The number of rotatable bonds is 3. The van der Waals surface area contributed by atoms with Crippen LogP contribution in [0, 0.1) is 5.92 Å². The highest BCUT2D eigenvalue weighted by Gasteiger charge is 2.34. The quantitative estimate of drug-likeness (QED) is 0.796. The van der Waals surface area contributed by atoms with Crippen LogP contribution in [0.5, 0.6) is 0 Å². The van der Waals surface area contributed by atoms with Gasteiger partial charge in [0.1, 0.15) is 0 Å². The number of hydrogen-bond donors (Lipinski definition) is 0. The van der Waals surface area contributed by atoms with Crippen LogP contribution in [0.2, 0.25) is 0 Å². The summed E-state index contributed by atoms with van der Waals surface area (Å²) in [6, 6.07) is 8.74. The maximum absolute atomic E-state index is 12.5. The van der Waals surface area contributed by atoms with Gasteiger partial charge in [0.25, 0.3) is 0 Å². The van der Waals surface area contributed by atoms with Crippen molar-refractivity contribution in [1.82, 2.24) is 4.90 Å². The number of hydrogen-bond acceptors (Lipinski definition) is 3. The van der Waals surface area contributed by atoms with Gasteiger partial charge in [-0.1, -0.05) is 0 Å². The van der Waals surface area contributed by atoms with Gasteiger partial charge in [-0.2, -0.15) is 0 Å². The molecule has 2 nitrogen and oxygen atoms in total. The van der Waals surface area contributed by atoms with Crippen LogP contribution in [0.1, 0.15) is 36.0 Å². The second kappa shape index (κ2) is 4.97. The van der Waals surface area contributed by atoms with E-state index < -0.39 is 0 Å². The lowest BCUT2D eigenvalue weighted by atomic mass is 9.81. The van der Waals surface area contributed by atoms with Gasteiger partial charge in [-0.25, -0.2) is 0 Å². The van der Waals surface area contributed by atoms with Crippen molar-refractivity contribution >= 4 is 27.2 Å². The summed E-state index contributed by atoms with van der Waals surface area (Å²) in [5.74, 6) is 1.19. The molecule has 0 N–H and O–H groups in total. The maximum Gasteiger partial charge on any atom is 0.164 e. The molecule has 1 aromatic heterocycles. The molecule has 4 heterocycles. The van der Waals surface area contributed by atoms with Gasteiger partial charge in [0.15, 0.2) is 5.78 Å². The summed E-state index contributed by atoms with van der Waals surface area (Å²) in [4.78, 5) is 15.1. The second-order valence-electron chi connectivity index (χ2n) is 6.17. The summed E-state index contributed by atoms with van der Waals surface area (Å²) in [7, 11) is 0. The van der Waals surface area contributed by atoms with Gasteiger partial charge in [-0.15, -0.1) is 11.3 Å². The Morgan fingerprint density at radius 1 is 1.25 bits per heavy atom. The molecule has 1 aromatic carbocycles. The Kier molecular flexibility index (Phi) is 3.12. The Bertz CT molecular complexity index is 639. The van der Waals surface area contributed by atoms with E-state index in [1.54, 1.807) is 11.3 Å². The highest BCUT2D eigenvalue weighted by atomic mass is 32.1. The lowest BCUT2D eigenvalue weighted by Gasteiger charge is -2.45. The zero-order chi connectivity index (χ0) is 13.5. The van der Waals surface area contributed by atoms with Crippen molar-refractivity contribution in [3.05, 3.63) is 35.2 Å². The minimum Gasteiger partial charge on any atom is -0.300 e. The molecule has 104 valence electrons. The van der Waals surface area contributed by atoms with E-state index in [9.17, 15) is 4.79 Å². The number of carbonyl (C=O) groups excluding carboxylic acids is 1. The van der Waals surface area contributed by atoms with Crippen molar-refractivity contribution in [3.63, 3.8) is 0 Å². The van der Waals surface area contributed by atoms with Crippen molar-refractivity contribution in [2.45, 2.75) is 31.7 Å². The number of piperidine rings is 3. The highest BCUT2D eigenvalue weighted by Crippen LogP contribution is 2.34. The Morgan fingerprint density at radius 3 is 2.85 bits per heavy atom. The Morgan fingerprint density at radius 2 is 2.10 bits per heavy atom. The summed E-state index contributed by atoms with van der Waals surface area (Å²) >= 11 is 1.73. The third-order valence-corrected chi connectivity index (χ3v) is 5.86. The fourth-order valence-electron chi connectivity index (χ4n) is 3.77. The molecule has 0 aliphatic carbocycles. The molecule has 0 saturated carbocycles. The molecule has 3 aliphatic rings. The summed E-state index contributed by atoms with van der Waals surface area (Å²) in [6.07, 6.45) is 4.61. The molecular weight excluding hydrogens is 266 g/mol. The maximum atomic E-state index is 12.5. The van der Waals surface area contributed by atoms with Gasteiger partial charge >= 0.3 is 0 Å². The monoisotopic (exact) mass is 285 g/mol. The topological polar surface area (TPSA) is 20.3 Å². The molecule has 3 saturated heterocycles. The first-order valence-corrected chi connectivity index (χ1v) is 8.42. The molecule has 3 fully saturated rings. The molecule has 3 aliphatic heterocycles. The van der Waals surface area contributed by atoms with E-state index in [0.717, 1.165) is 11.5 Å². The molecule has 0 spiro atoms. The minimum atomic E-state index is 0.315. The van der Waals surface area contributed by atoms with Crippen LogP contribution in [0.15, 0.2) is 29.6 Å². The molecule has 20 heavy (non-hydrogen) atoms. The summed E-state index contributed by atoms with van der Waals surface area (Å²) in [5.41, 5.74) is 0.888. The lowest BCUT2D eigenvalue weighted by molar-refractivity contribution is 0.0428. The van der Waals surface area contributed by atoms with Crippen LogP contribution in [0.25, 0.3) is 10.1 Å². The van der Waals surface area contributed by atoms with Gasteiger partial charge in [0, 0.05) is 22.7 Å². The standard InChI is InChI=1S/C17H19NOS/c19-16(11-15-9-12-3-6-18(15)7-4-12)13-1-2-17-14(10-13)5-8-20-17/h1-2,5,8,10,12,15H,3-4,6-7,9,11H2. The smallest absolute Gasteiger partial charge is 0.164 e. The van der Waals surface area contributed by atoms with E-state index in [1.165, 1.54) is 42.4 Å². The van der Waals surface area contributed by atoms with Crippen LogP contribution in [0.4, 0.5) is 0 Å². The predicted molar refractivity (Wildman–Crippen MR) is 83.5 cm³/mol. The van der Waals surface area contributed by atoms with Crippen LogP contribution < -0.4 is 0 Å². The average molecular weight is 285 g/mol. The number of thiophene rings is 1. The highest BCUT2D eigenvalue weighted by molar-refractivity contribution is 7.17. The van der Waals surface area contributed by atoms with Crippen LogP contribution in [-0.4, -0.2) is 29.8 Å². The third kappa shape index (κ3) is 2.19. The first-order valence-electron chi connectivity index (χ1n) is 7.54. The summed E-state index contributed by atoms with van der Waals surface area (Å²) < 4.78 is 1.27. The molecule has 2 bridgehead atoms. The Labute approximate surface area is 123 Å². The van der Waals surface area contributed by atoms with Crippen molar-refractivity contribution < 1.29 is 4.79 Å². The molecule has 2 aromatic rings. The van der Waals surface area contributed by atoms with E-state index in [1.807, 2.05) is 6.07 Å². The minimum absolute atomic E-state index is 0.315. The zero-order valence-corrected chi connectivity index (χ0v) is 12.4. The molecule has 0 amide bonds. The van der Waals surface area contributed by atoms with E-state index >= 15 is 0 Å². The number of fused-ring (bicyclic) bond motifs is 4. The normalized spacial score (nSPS) is 28.9. The largest absolute Gasteiger partial charge is 0.300 e. The number of Topliss-reactive ketones (excluding diaryl/α,β-unsaturated/α-hetero) is 1. The SMILES string of the molecule is O=C(CC1CC2CCN1CC2)c1ccc2sccc2c1. The molecule has 1 unspecified atom stereocenters. The number of ketones is 1. The van der Waals surface area contributed by atoms with E-state index in [4.69, 9.17) is 0 Å². The first-order chi connectivity index (χ1) is 9.79. The van der Waals surface area contributed by atoms with Crippen molar-refractivity contribution in [2.75, 3.05) is 13.1 Å². The van der Waals surface area contributed by atoms with Crippen LogP contribution in [0.3, 0.4) is 0 Å². The zero-order valence-electron chi connectivity index (χ0n) is 11.5. The van der Waals surface area contributed by atoms with Gasteiger partial charge < -0.3 is 0 Å². The summed E-state index contributed by atoms with van der Waals surface area (Å²) in [6.45, 7) is 2.40. The first kappa shape index (κ1) is 12.5. The van der Waals surface area contributed by atoms with Crippen LogP contribution >= 0.6 is 11.3 Å². The Balaban J connectivity index is 1.52. The molecular formula is C17H19NOS. The van der Waals surface area contributed by atoms with E-state index in [0.29, 0.717) is 18.2 Å². The van der Waals surface area contributed by atoms with Gasteiger partial charge in [-0.05, 0) is 73.3 Å². The van der Waals surface area contributed by atoms with Gasteiger partial charge in [0.2, 0.25) is 0 Å². The molecule has 0 radical (unpaired) electrons. The fourth-order valence-corrected chi connectivity index (χ4v) is 4.54. The summed E-state index contributed by atoms with van der Waals surface area (Å²) in [5, 5.41) is 3.29. The fraction of sp³-hybridized carbons (Fsp3) is 0.471. The van der Waals surface area contributed by atoms with Crippen molar-refractivity contribution in [1.29, 1.82) is 0 Å². The molecule has 1 atom stereocenters. The Hall–Kier alpha value is -1.19. The third-order valence-electron chi connectivity index (χ3n) is 4.97. The predicted octanol–water partition coefficient (Wildman–Crippen LogP) is 3.96. The number of benzene rings is 1.